The summed E-state index contributed by atoms with van der Waals surface area (Å²) >= 11 is 0. The van der Waals surface area contributed by atoms with Gasteiger partial charge in [0.25, 0.3) is 11.8 Å². The number of aliphatic hydroxyl groups excluding tert-OH is 1. The fourth-order valence-corrected chi connectivity index (χ4v) is 6.05. The maximum absolute atomic E-state index is 13.4. The van der Waals surface area contributed by atoms with E-state index in [-0.39, 0.29) is 11.3 Å². The van der Waals surface area contributed by atoms with Crippen molar-refractivity contribution in [3.05, 3.63) is 53.6 Å². The number of imide groups is 2. The third kappa shape index (κ3) is 3.89. The van der Waals surface area contributed by atoms with Crippen molar-refractivity contribution in [1.29, 1.82) is 0 Å². The van der Waals surface area contributed by atoms with E-state index in [1.54, 1.807) is 29.2 Å². The molecule has 5 amide bonds. The Labute approximate surface area is 218 Å². The van der Waals surface area contributed by atoms with Crippen LogP contribution < -0.4 is 20.1 Å². The predicted octanol–water partition coefficient (Wildman–Crippen LogP) is 0.892. The summed E-state index contributed by atoms with van der Waals surface area (Å²) in [4.78, 5) is 53.9. The van der Waals surface area contributed by atoms with Gasteiger partial charge in [-0.25, -0.2) is 4.79 Å². The summed E-state index contributed by atoms with van der Waals surface area (Å²) in [6.45, 7) is 2.08. The van der Waals surface area contributed by atoms with Crippen LogP contribution in [0.4, 0.5) is 4.79 Å². The number of aliphatic hydroxyl groups is 1. The van der Waals surface area contributed by atoms with Gasteiger partial charge in [0.15, 0.2) is 0 Å². The molecule has 0 aliphatic carbocycles. The van der Waals surface area contributed by atoms with Crippen LogP contribution in [0.5, 0.6) is 17.2 Å². The van der Waals surface area contributed by atoms with Crippen molar-refractivity contribution >= 4 is 23.8 Å². The standard InChI is InChI=1S/C27H28N4O7/c32-14-22(33)30-15-26(16-30)8-10-31(11-9-26)27(23(34)28-25(36)29-24(27)35)18-1-3-19(4-2-18)38-20-5-6-21-17(13-20)7-12-37-21/h1-6,13,32H,7-12,14-16H2,(H2,28,29,34,35,36). The lowest BCUT2D eigenvalue weighted by Crippen LogP contribution is -2.73. The first kappa shape index (κ1) is 24.4. The first-order chi connectivity index (χ1) is 18.3. The average molecular weight is 521 g/mol. The first-order valence-electron chi connectivity index (χ1n) is 12.7. The monoisotopic (exact) mass is 520 g/mol. The number of fused-ring (bicyclic) bond motifs is 1. The minimum atomic E-state index is -1.72. The second-order valence-electron chi connectivity index (χ2n) is 10.3. The molecule has 0 saturated carbocycles. The van der Waals surface area contributed by atoms with Gasteiger partial charge in [0, 0.05) is 43.6 Å². The number of barbiturate groups is 1. The first-order valence-corrected chi connectivity index (χ1v) is 12.7. The van der Waals surface area contributed by atoms with E-state index in [4.69, 9.17) is 14.6 Å². The predicted molar refractivity (Wildman–Crippen MR) is 132 cm³/mol. The van der Waals surface area contributed by atoms with E-state index in [0.717, 1.165) is 17.7 Å². The molecule has 6 rings (SSSR count). The van der Waals surface area contributed by atoms with E-state index in [1.807, 2.05) is 23.1 Å². The van der Waals surface area contributed by atoms with Crippen molar-refractivity contribution in [3.8, 4) is 17.2 Å². The summed E-state index contributed by atoms with van der Waals surface area (Å²) in [5.74, 6) is 0.369. The molecule has 3 fully saturated rings. The Morgan fingerprint density at radius 3 is 2.29 bits per heavy atom. The lowest BCUT2D eigenvalue weighted by molar-refractivity contribution is -0.157. The van der Waals surface area contributed by atoms with Gasteiger partial charge in [-0.05, 0) is 48.7 Å². The Morgan fingerprint density at radius 1 is 0.974 bits per heavy atom. The smallest absolute Gasteiger partial charge is 0.328 e. The van der Waals surface area contributed by atoms with Crippen LogP contribution in [0.3, 0.4) is 0 Å². The van der Waals surface area contributed by atoms with Crippen LogP contribution in [0.2, 0.25) is 0 Å². The third-order valence-electron chi connectivity index (χ3n) is 8.12. The summed E-state index contributed by atoms with van der Waals surface area (Å²) in [5, 5.41) is 13.7. The van der Waals surface area contributed by atoms with Gasteiger partial charge in [-0.3, -0.25) is 29.9 Å². The highest BCUT2D eigenvalue weighted by Crippen LogP contribution is 2.44. The maximum atomic E-state index is 13.4. The van der Waals surface area contributed by atoms with Crippen LogP contribution in [0.1, 0.15) is 24.0 Å². The fraction of sp³-hybridized carbons (Fsp3) is 0.407. The largest absolute Gasteiger partial charge is 0.493 e. The summed E-state index contributed by atoms with van der Waals surface area (Å²) in [6, 6.07) is 11.5. The number of benzene rings is 2. The zero-order valence-electron chi connectivity index (χ0n) is 20.7. The molecule has 11 heteroatoms. The van der Waals surface area contributed by atoms with Crippen molar-refractivity contribution in [2.75, 3.05) is 39.4 Å². The molecule has 4 heterocycles. The topological polar surface area (TPSA) is 138 Å². The number of hydrogen-bond donors (Lipinski definition) is 3. The molecule has 2 aromatic rings. The van der Waals surface area contributed by atoms with Crippen molar-refractivity contribution in [1.82, 2.24) is 20.4 Å². The third-order valence-corrected chi connectivity index (χ3v) is 8.12. The fourth-order valence-electron chi connectivity index (χ4n) is 6.05. The van der Waals surface area contributed by atoms with E-state index in [2.05, 4.69) is 10.6 Å². The molecule has 3 saturated heterocycles. The molecule has 1 spiro atoms. The Bertz CT molecular complexity index is 1290. The van der Waals surface area contributed by atoms with Crippen LogP contribution in [0.15, 0.2) is 42.5 Å². The second kappa shape index (κ2) is 9.10. The highest BCUT2D eigenvalue weighted by molar-refractivity contribution is 6.22. The van der Waals surface area contributed by atoms with Crippen molar-refractivity contribution < 1.29 is 33.8 Å². The van der Waals surface area contributed by atoms with Crippen LogP contribution in [-0.4, -0.2) is 78.1 Å². The number of carbonyl (C=O) groups excluding carboxylic acids is 4. The summed E-state index contributed by atoms with van der Waals surface area (Å²) < 4.78 is 11.5. The van der Waals surface area contributed by atoms with E-state index in [1.165, 1.54) is 0 Å². The van der Waals surface area contributed by atoms with Gasteiger partial charge in [-0.2, -0.15) is 0 Å². The minimum Gasteiger partial charge on any atom is -0.493 e. The Balaban J connectivity index is 1.24. The number of urea groups is 1. The van der Waals surface area contributed by atoms with Crippen LogP contribution in [0, 0.1) is 5.41 Å². The van der Waals surface area contributed by atoms with Gasteiger partial charge >= 0.3 is 6.03 Å². The lowest BCUT2D eigenvalue weighted by Gasteiger charge is -2.56. The maximum Gasteiger partial charge on any atom is 0.328 e. The number of carbonyl (C=O) groups is 4. The molecule has 0 radical (unpaired) electrons. The number of likely N-dealkylation sites (tertiary alicyclic amines) is 2. The van der Waals surface area contributed by atoms with Gasteiger partial charge in [-0.1, -0.05) is 12.1 Å². The molecular formula is C27H28N4O7. The van der Waals surface area contributed by atoms with Gasteiger partial charge in [0.1, 0.15) is 23.9 Å². The molecule has 198 valence electrons. The minimum absolute atomic E-state index is 0.0987. The Kier molecular flexibility index (Phi) is 5.84. The molecule has 0 atom stereocenters. The SMILES string of the molecule is O=C1NC(=O)C(c2ccc(Oc3ccc4c(c3)CCO4)cc2)(N2CCC3(CC2)CN(C(=O)CO)C3)C(=O)N1. The zero-order chi connectivity index (χ0) is 26.5. The van der Waals surface area contributed by atoms with Gasteiger partial charge < -0.3 is 19.5 Å². The Hall–Kier alpha value is -3.96. The molecule has 38 heavy (non-hydrogen) atoms. The molecule has 0 unspecified atom stereocenters. The summed E-state index contributed by atoms with van der Waals surface area (Å²) in [7, 11) is 0. The van der Waals surface area contributed by atoms with Crippen molar-refractivity contribution in [2.45, 2.75) is 24.8 Å². The number of nitrogens with one attached hydrogen (secondary N) is 2. The van der Waals surface area contributed by atoms with E-state index >= 15 is 0 Å². The van der Waals surface area contributed by atoms with Crippen LogP contribution in [-0.2, 0) is 26.3 Å². The molecule has 11 nitrogen and oxygen atoms in total. The summed E-state index contributed by atoms with van der Waals surface area (Å²) in [6.07, 6.45) is 2.16. The average Bonchev–Trinajstić information content (AvgIpc) is 3.36. The molecule has 2 aromatic carbocycles. The molecule has 3 N–H and O–H groups in total. The van der Waals surface area contributed by atoms with E-state index in [9.17, 15) is 19.2 Å². The Morgan fingerprint density at radius 2 is 1.63 bits per heavy atom. The number of nitrogens with zero attached hydrogens (tertiary/aromatic N) is 2. The number of rotatable bonds is 5. The molecular weight excluding hydrogens is 492 g/mol. The summed E-state index contributed by atoms with van der Waals surface area (Å²) in [5.41, 5.74) is -0.310. The number of ether oxygens (including phenoxy) is 2. The van der Waals surface area contributed by atoms with Gasteiger partial charge in [-0.15, -0.1) is 0 Å². The number of amides is 5. The van der Waals surface area contributed by atoms with Crippen LogP contribution in [0.25, 0.3) is 0 Å². The van der Waals surface area contributed by atoms with Crippen LogP contribution >= 0.6 is 0 Å². The molecule has 0 bridgehead atoms. The lowest BCUT2D eigenvalue weighted by atomic mass is 9.70. The van der Waals surface area contributed by atoms with Crippen molar-refractivity contribution in [2.24, 2.45) is 5.41 Å². The number of piperidine rings is 1. The molecule has 4 aliphatic heterocycles. The van der Waals surface area contributed by atoms with Gasteiger partial charge in [0.2, 0.25) is 11.4 Å². The number of hydrogen-bond acceptors (Lipinski definition) is 8. The molecule has 4 aliphatic rings. The second-order valence-corrected chi connectivity index (χ2v) is 10.3. The highest BCUT2D eigenvalue weighted by atomic mass is 16.5. The quantitative estimate of drug-likeness (QED) is 0.495. The highest BCUT2D eigenvalue weighted by Gasteiger charge is 2.58. The zero-order valence-corrected chi connectivity index (χ0v) is 20.7. The van der Waals surface area contributed by atoms with Gasteiger partial charge in [0.05, 0.1) is 6.61 Å². The normalized spacial score (nSPS) is 21.7. The molecule has 0 aromatic heterocycles. The van der Waals surface area contributed by atoms with E-state index in [0.29, 0.717) is 62.7 Å². The van der Waals surface area contributed by atoms with E-state index < -0.39 is 30.0 Å². The van der Waals surface area contributed by atoms with Crippen molar-refractivity contribution in [3.63, 3.8) is 0 Å².